The first-order chi connectivity index (χ1) is 12.9. The summed E-state index contributed by atoms with van der Waals surface area (Å²) in [6, 6.07) is 4.30. The maximum atomic E-state index is 11.2. The van der Waals surface area contributed by atoms with Crippen molar-refractivity contribution in [2.24, 2.45) is 7.05 Å². The summed E-state index contributed by atoms with van der Waals surface area (Å²) in [5.74, 6) is -0.0865. The Labute approximate surface area is 166 Å². The van der Waals surface area contributed by atoms with Crippen molar-refractivity contribution in [3.05, 3.63) is 41.2 Å². The Hall–Kier alpha value is -2.03. The summed E-state index contributed by atoms with van der Waals surface area (Å²) >= 11 is 1.54. The number of hydrogen-bond acceptors (Lipinski definition) is 5. The van der Waals surface area contributed by atoms with Crippen LogP contribution in [0.1, 0.15) is 30.2 Å². The number of hydrogen-bond donors (Lipinski definition) is 1. The number of piperidine rings is 1. The second kappa shape index (κ2) is 7.18. The fraction of sp³-hybridized carbons (Fsp3) is 0.421. The molecule has 1 amide bonds. The van der Waals surface area contributed by atoms with Crippen LogP contribution in [0.2, 0.25) is 0 Å². The van der Waals surface area contributed by atoms with Crippen molar-refractivity contribution in [3.63, 3.8) is 0 Å². The molecule has 0 bridgehead atoms. The molecular formula is C19H22N5OSSi. The fourth-order valence-electron chi connectivity index (χ4n) is 3.72. The Kier molecular flexibility index (Phi) is 4.87. The lowest BCUT2D eigenvalue weighted by Crippen LogP contribution is -2.46. The summed E-state index contributed by atoms with van der Waals surface area (Å²) in [4.78, 5) is 23.7. The first-order valence-corrected chi connectivity index (χ1v) is 10.4. The minimum atomic E-state index is -0.102. The molecule has 0 spiro atoms. The minimum Gasteiger partial charge on any atom is -0.349 e. The Morgan fingerprint density at radius 1 is 1.41 bits per heavy atom. The molecular weight excluding hydrogens is 374 g/mol. The minimum absolute atomic E-state index is 0.0865. The topological polar surface area (TPSA) is 63.1 Å². The summed E-state index contributed by atoms with van der Waals surface area (Å²) in [7, 11) is 6.15. The van der Waals surface area contributed by atoms with Gasteiger partial charge in [0.15, 0.2) is 5.13 Å². The number of aryl methyl sites for hydroxylation is 1. The standard InChI is InChI=1S/C19H22N5OSSi/c1-13(25)22-18-21-10-15(26-18)11-24-6-3-5-19(27,12-24)14-8-17-16(20-9-14)4-7-23(17)2/h4,7-10H,3,5-6,11-12H2,1-2H3,(H,21,22,25)/t19-/m1/s1. The van der Waals surface area contributed by atoms with E-state index < -0.39 is 0 Å². The first kappa shape index (κ1) is 18.3. The Morgan fingerprint density at radius 2 is 2.26 bits per heavy atom. The number of nitrogens with one attached hydrogen (secondary N) is 1. The van der Waals surface area contributed by atoms with Crippen LogP contribution in [0.5, 0.6) is 0 Å². The Balaban J connectivity index is 1.51. The quantitative estimate of drug-likeness (QED) is 0.689. The molecule has 0 aliphatic carbocycles. The predicted molar refractivity (Wildman–Crippen MR) is 109 cm³/mol. The molecule has 1 atom stereocenters. The van der Waals surface area contributed by atoms with Crippen molar-refractivity contribution in [1.29, 1.82) is 0 Å². The second-order valence-electron chi connectivity index (χ2n) is 7.26. The molecule has 1 aliphatic heterocycles. The van der Waals surface area contributed by atoms with Gasteiger partial charge in [-0.05, 0) is 42.1 Å². The zero-order valence-corrected chi connectivity index (χ0v) is 17.3. The van der Waals surface area contributed by atoms with Crippen LogP contribution in [-0.4, -0.2) is 48.7 Å². The van der Waals surface area contributed by atoms with Gasteiger partial charge in [-0.1, -0.05) is 0 Å². The van der Waals surface area contributed by atoms with E-state index in [1.807, 2.05) is 24.7 Å². The van der Waals surface area contributed by atoms with E-state index >= 15 is 0 Å². The number of rotatable bonds is 4. The number of carbonyl (C=O) groups is 1. The highest BCUT2D eigenvalue weighted by Crippen LogP contribution is 2.33. The SMILES string of the molecule is CC(=O)Nc1ncc(CN2CCC[C@]([Si])(c3cnc4ccn(C)c4c3)C2)s1. The number of aromatic nitrogens is 3. The molecule has 3 radical (unpaired) electrons. The van der Waals surface area contributed by atoms with Crippen molar-refractivity contribution < 1.29 is 4.79 Å². The van der Waals surface area contributed by atoms with Crippen LogP contribution in [0.25, 0.3) is 11.0 Å². The number of anilines is 1. The fourth-order valence-corrected chi connectivity index (χ4v) is 5.16. The summed E-state index contributed by atoms with van der Waals surface area (Å²) < 4.78 is 2.11. The summed E-state index contributed by atoms with van der Waals surface area (Å²) in [6.07, 6.45) is 8.10. The average molecular weight is 397 g/mol. The number of amides is 1. The van der Waals surface area contributed by atoms with Gasteiger partial charge in [0.25, 0.3) is 0 Å². The van der Waals surface area contributed by atoms with Gasteiger partial charge in [0.05, 0.1) is 11.0 Å². The summed E-state index contributed by atoms with van der Waals surface area (Å²) in [5, 5.41) is 3.32. The van der Waals surface area contributed by atoms with Gasteiger partial charge >= 0.3 is 0 Å². The zero-order valence-electron chi connectivity index (χ0n) is 15.5. The lowest BCUT2D eigenvalue weighted by atomic mass is 9.90. The van der Waals surface area contributed by atoms with Crippen LogP contribution >= 0.6 is 11.3 Å². The molecule has 0 unspecified atom stereocenters. The summed E-state index contributed by atoms with van der Waals surface area (Å²) in [6.45, 7) is 4.31. The Bertz CT molecular complexity index is 984. The van der Waals surface area contributed by atoms with E-state index in [9.17, 15) is 4.79 Å². The molecule has 8 heteroatoms. The van der Waals surface area contributed by atoms with Crippen LogP contribution in [0.15, 0.2) is 30.7 Å². The van der Waals surface area contributed by atoms with Gasteiger partial charge in [0, 0.05) is 60.8 Å². The van der Waals surface area contributed by atoms with Gasteiger partial charge in [-0.25, -0.2) is 4.98 Å². The molecule has 1 fully saturated rings. The number of pyridine rings is 1. The molecule has 4 heterocycles. The molecule has 139 valence electrons. The third kappa shape index (κ3) is 3.83. The third-order valence-corrected chi connectivity index (χ3v) is 6.67. The molecule has 1 saturated heterocycles. The smallest absolute Gasteiger partial charge is 0.223 e. The van der Waals surface area contributed by atoms with E-state index in [1.165, 1.54) is 23.8 Å². The maximum absolute atomic E-state index is 11.2. The number of fused-ring (bicyclic) bond motifs is 1. The van der Waals surface area contributed by atoms with Crippen molar-refractivity contribution in [2.45, 2.75) is 31.3 Å². The van der Waals surface area contributed by atoms with E-state index in [2.05, 4.69) is 48.1 Å². The van der Waals surface area contributed by atoms with Crippen LogP contribution in [0, 0.1) is 0 Å². The van der Waals surface area contributed by atoms with E-state index in [4.69, 9.17) is 0 Å². The van der Waals surface area contributed by atoms with Gasteiger partial charge in [0.1, 0.15) is 0 Å². The van der Waals surface area contributed by atoms with Gasteiger partial charge in [-0.2, -0.15) is 0 Å². The van der Waals surface area contributed by atoms with Crippen molar-refractivity contribution in [3.8, 4) is 0 Å². The predicted octanol–water partition coefficient (Wildman–Crippen LogP) is 2.65. The van der Waals surface area contributed by atoms with E-state index in [0.717, 1.165) is 48.4 Å². The van der Waals surface area contributed by atoms with Crippen LogP contribution in [0.4, 0.5) is 5.13 Å². The second-order valence-corrected chi connectivity index (χ2v) is 9.34. The highest BCUT2D eigenvalue weighted by atomic mass is 32.1. The van der Waals surface area contributed by atoms with E-state index in [0.29, 0.717) is 5.13 Å². The van der Waals surface area contributed by atoms with E-state index in [1.54, 1.807) is 0 Å². The van der Waals surface area contributed by atoms with Crippen molar-refractivity contribution in [1.82, 2.24) is 19.4 Å². The lowest BCUT2D eigenvalue weighted by molar-refractivity contribution is -0.114. The molecule has 6 nitrogen and oxygen atoms in total. The Morgan fingerprint density at radius 3 is 3.07 bits per heavy atom. The van der Waals surface area contributed by atoms with Crippen molar-refractivity contribution in [2.75, 3.05) is 18.4 Å². The largest absolute Gasteiger partial charge is 0.349 e. The first-order valence-electron chi connectivity index (χ1n) is 9.04. The molecule has 1 N–H and O–H groups in total. The lowest BCUT2D eigenvalue weighted by Gasteiger charge is -2.40. The molecule has 3 aromatic heterocycles. The van der Waals surface area contributed by atoms with Gasteiger partial charge in [-0.15, -0.1) is 11.3 Å². The molecule has 4 rings (SSSR count). The highest BCUT2D eigenvalue weighted by Gasteiger charge is 2.33. The van der Waals surface area contributed by atoms with E-state index in [-0.39, 0.29) is 10.9 Å². The van der Waals surface area contributed by atoms with Gasteiger partial charge in [-0.3, -0.25) is 14.7 Å². The maximum Gasteiger partial charge on any atom is 0.223 e. The molecule has 27 heavy (non-hydrogen) atoms. The molecule has 0 aromatic carbocycles. The number of thiazole rings is 1. The molecule has 0 saturated carbocycles. The highest BCUT2D eigenvalue weighted by molar-refractivity contribution is 7.15. The molecule has 1 aliphatic rings. The number of likely N-dealkylation sites (tertiary alicyclic amines) is 1. The summed E-state index contributed by atoms with van der Waals surface area (Å²) in [5.41, 5.74) is 3.41. The number of carbonyl (C=O) groups excluding carboxylic acids is 1. The third-order valence-electron chi connectivity index (χ3n) is 5.07. The normalized spacial score (nSPS) is 20.9. The van der Waals surface area contributed by atoms with Crippen molar-refractivity contribution >= 4 is 43.7 Å². The monoisotopic (exact) mass is 396 g/mol. The number of nitrogens with zero attached hydrogens (tertiary/aromatic N) is 4. The average Bonchev–Trinajstić information content (AvgIpc) is 3.21. The molecule has 3 aromatic rings. The zero-order chi connectivity index (χ0) is 19.0. The van der Waals surface area contributed by atoms with Crippen LogP contribution in [-0.2, 0) is 23.4 Å². The van der Waals surface area contributed by atoms with Gasteiger partial charge < -0.3 is 9.88 Å². The van der Waals surface area contributed by atoms with Crippen LogP contribution < -0.4 is 5.32 Å². The van der Waals surface area contributed by atoms with Crippen LogP contribution in [0.3, 0.4) is 0 Å². The van der Waals surface area contributed by atoms with Gasteiger partial charge in [0.2, 0.25) is 5.91 Å².